The van der Waals surface area contributed by atoms with E-state index in [0.717, 1.165) is 25.5 Å². The van der Waals surface area contributed by atoms with Gasteiger partial charge in [-0.25, -0.2) is 4.98 Å². The van der Waals surface area contributed by atoms with E-state index in [4.69, 9.17) is 10.5 Å². The van der Waals surface area contributed by atoms with Crippen LogP contribution in [0.15, 0.2) is 18.3 Å². The Hall–Kier alpha value is -1.29. The summed E-state index contributed by atoms with van der Waals surface area (Å²) < 4.78 is 5.35. The Kier molecular flexibility index (Phi) is 3.06. The highest BCUT2D eigenvalue weighted by Crippen LogP contribution is 2.19. The summed E-state index contributed by atoms with van der Waals surface area (Å²) in [6, 6.07) is 4.15. The number of rotatable bonds is 3. The Bertz CT molecular complexity index is 306. The second-order valence-electron chi connectivity index (χ2n) is 4.03. The molecular formula is C11H17N3O. The Labute approximate surface area is 89.8 Å². The van der Waals surface area contributed by atoms with Crippen LogP contribution in [-0.2, 0) is 4.74 Å². The van der Waals surface area contributed by atoms with Gasteiger partial charge in [0.05, 0.1) is 18.5 Å². The molecule has 4 heteroatoms. The van der Waals surface area contributed by atoms with E-state index in [1.54, 1.807) is 6.20 Å². The molecule has 2 heterocycles. The molecule has 2 atom stereocenters. The van der Waals surface area contributed by atoms with Gasteiger partial charge < -0.3 is 15.8 Å². The van der Waals surface area contributed by atoms with Gasteiger partial charge in [-0.15, -0.1) is 0 Å². The summed E-state index contributed by atoms with van der Waals surface area (Å²) >= 11 is 0. The van der Waals surface area contributed by atoms with Crippen LogP contribution in [0.25, 0.3) is 0 Å². The third-order valence-electron chi connectivity index (χ3n) is 2.83. The van der Waals surface area contributed by atoms with Crippen LogP contribution >= 0.6 is 0 Å². The Morgan fingerprint density at radius 3 is 3.07 bits per heavy atom. The predicted octanol–water partition coefficient (Wildman–Crippen LogP) is 1.50. The monoisotopic (exact) mass is 207 g/mol. The first-order valence-corrected chi connectivity index (χ1v) is 5.31. The molecule has 15 heavy (non-hydrogen) atoms. The number of hydrogen-bond acceptors (Lipinski definition) is 4. The maximum absolute atomic E-state index is 5.57. The molecule has 1 aromatic rings. The van der Waals surface area contributed by atoms with Gasteiger partial charge >= 0.3 is 0 Å². The van der Waals surface area contributed by atoms with Crippen molar-refractivity contribution in [1.82, 2.24) is 4.98 Å². The standard InChI is InChI=1S/C11H17N3O/c1-8(9-4-5-15-7-9)14-11-3-2-10(12)6-13-11/h2-3,6,8-9H,4-5,7,12H2,1H3,(H,13,14). The lowest BCUT2D eigenvalue weighted by molar-refractivity contribution is 0.183. The van der Waals surface area contributed by atoms with Crippen molar-refractivity contribution in [3.05, 3.63) is 18.3 Å². The van der Waals surface area contributed by atoms with Crippen molar-refractivity contribution in [2.75, 3.05) is 24.3 Å². The molecule has 1 aliphatic heterocycles. The summed E-state index contributed by atoms with van der Waals surface area (Å²) in [4.78, 5) is 4.21. The molecule has 1 aliphatic rings. The molecule has 0 bridgehead atoms. The predicted molar refractivity (Wildman–Crippen MR) is 60.7 cm³/mol. The summed E-state index contributed by atoms with van der Waals surface area (Å²) in [6.07, 6.45) is 2.79. The van der Waals surface area contributed by atoms with Gasteiger partial charge in [0.2, 0.25) is 0 Å². The molecule has 0 spiro atoms. The van der Waals surface area contributed by atoms with Gasteiger partial charge in [0.15, 0.2) is 0 Å². The third-order valence-corrected chi connectivity index (χ3v) is 2.83. The topological polar surface area (TPSA) is 60.2 Å². The van der Waals surface area contributed by atoms with E-state index < -0.39 is 0 Å². The fourth-order valence-electron chi connectivity index (χ4n) is 1.79. The molecule has 2 rings (SSSR count). The summed E-state index contributed by atoms with van der Waals surface area (Å²) in [6.45, 7) is 3.90. The van der Waals surface area contributed by atoms with Gasteiger partial charge in [-0.3, -0.25) is 0 Å². The molecule has 82 valence electrons. The SMILES string of the molecule is CC(Nc1ccc(N)cn1)C1CCOC1. The molecule has 1 fully saturated rings. The molecule has 0 radical (unpaired) electrons. The van der Waals surface area contributed by atoms with Gasteiger partial charge in [0.1, 0.15) is 5.82 Å². The molecule has 4 nitrogen and oxygen atoms in total. The summed E-state index contributed by atoms with van der Waals surface area (Å²) in [5.74, 6) is 1.47. The number of aromatic nitrogens is 1. The lowest BCUT2D eigenvalue weighted by Gasteiger charge is -2.19. The first kappa shape index (κ1) is 10.2. The lowest BCUT2D eigenvalue weighted by Crippen LogP contribution is -2.26. The van der Waals surface area contributed by atoms with Crippen LogP contribution in [0.1, 0.15) is 13.3 Å². The van der Waals surface area contributed by atoms with E-state index in [2.05, 4.69) is 17.2 Å². The highest BCUT2D eigenvalue weighted by molar-refractivity contribution is 5.44. The molecule has 1 aromatic heterocycles. The van der Waals surface area contributed by atoms with Crippen molar-refractivity contribution in [2.24, 2.45) is 5.92 Å². The van der Waals surface area contributed by atoms with E-state index in [1.807, 2.05) is 12.1 Å². The summed E-state index contributed by atoms with van der Waals surface area (Å²) in [7, 11) is 0. The highest BCUT2D eigenvalue weighted by atomic mass is 16.5. The molecule has 0 saturated carbocycles. The largest absolute Gasteiger partial charge is 0.397 e. The highest BCUT2D eigenvalue weighted by Gasteiger charge is 2.22. The number of anilines is 2. The average molecular weight is 207 g/mol. The normalized spacial score (nSPS) is 22.6. The van der Waals surface area contributed by atoms with Crippen LogP contribution in [-0.4, -0.2) is 24.2 Å². The molecule has 0 amide bonds. The zero-order chi connectivity index (χ0) is 10.7. The third kappa shape index (κ3) is 2.59. The van der Waals surface area contributed by atoms with E-state index in [0.29, 0.717) is 17.6 Å². The quantitative estimate of drug-likeness (QED) is 0.788. The maximum atomic E-state index is 5.57. The van der Waals surface area contributed by atoms with E-state index in [1.165, 1.54) is 0 Å². The van der Waals surface area contributed by atoms with Crippen LogP contribution in [0.3, 0.4) is 0 Å². The smallest absolute Gasteiger partial charge is 0.126 e. The minimum atomic E-state index is 0.392. The number of nitrogens with two attached hydrogens (primary N) is 1. The van der Waals surface area contributed by atoms with Crippen molar-refractivity contribution >= 4 is 11.5 Å². The fourth-order valence-corrected chi connectivity index (χ4v) is 1.79. The average Bonchev–Trinajstić information content (AvgIpc) is 2.74. The second-order valence-corrected chi connectivity index (χ2v) is 4.03. The van der Waals surface area contributed by atoms with Crippen LogP contribution in [0, 0.1) is 5.92 Å². The molecule has 1 saturated heterocycles. The second kappa shape index (κ2) is 4.49. The first-order chi connectivity index (χ1) is 7.25. The van der Waals surface area contributed by atoms with Crippen LogP contribution < -0.4 is 11.1 Å². The fraction of sp³-hybridized carbons (Fsp3) is 0.545. The Balaban J connectivity index is 1.92. The number of pyridine rings is 1. The zero-order valence-corrected chi connectivity index (χ0v) is 8.94. The van der Waals surface area contributed by atoms with Gasteiger partial charge in [-0.1, -0.05) is 0 Å². The van der Waals surface area contributed by atoms with E-state index >= 15 is 0 Å². The number of ether oxygens (including phenoxy) is 1. The number of hydrogen-bond donors (Lipinski definition) is 2. The van der Waals surface area contributed by atoms with Crippen LogP contribution in [0.5, 0.6) is 0 Å². The zero-order valence-electron chi connectivity index (χ0n) is 8.94. The Morgan fingerprint density at radius 2 is 2.47 bits per heavy atom. The van der Waals surface area contributed by atoms with Crippen LogP contribution in [0.2, 0.25) is 0 Å². The van der Waals surface area contributed by atoms with Crippen molar-refractivity contribution in [2.45, 2.75) is 19.4 Å². The van der Waals surface area contributed by atoms with Crippen molar-refractivity contribution in [3.8, 4) is 0 Å². The van der Waals surface area contributed by atoms with Crippen molar-refractivity contribution in [3.63, 3.8) is 0 Å². The molecular weight excluding hydrogens is 190 g/mol. The summed E-state index contributed by atoms with van der Waals surface area (Å²) in [5.41, 5.74) is 6.26. The minimum absolute atomic E-state index is 0.392. The lowest BCUT2D eigenvalue weighted by atomic mass is 10.0. The van der Waals surface area contributed by atoms with Gasteiger partial charge in [-0.05, 0) is 25.5 Å². The summed E-state index contributed by atoms with van der Waals surface area (Å²) in [5, 5.41) is 3.36. The van der Waals surface area contributed by atoms with Crippen LogP contribution in [0.4, 0.5) is 11.5 Å². The number of nitrogens with one attached hydrogen (secondary N) is 1. The van der Waals surface area contributed by atoms with Gasteiger partial charge in [0.25, 0.3) is 0 Å². The van der Waals surface area contributed by atoms with Crippen molar-refractivity contribution < 1.29 is 4.74 Å². The van der Waals surface area contributed by atoms with Gasteiger partial charge in [0, 0.05) is 18.6 Å². The van der Waals surface area contributed by atoms with Crippen molar-refractivity contribution in [1.29, 1.82) is 0 Å². The number of nitrogens with zero attached hydrogens (tertiary/aromatic N) is 1. The molecule has 0 aromatic carbocycles. The molecule has 2 unspecified atom stereocenters. The molecule has 3 N–H and O–H groups in total. The van der Waals surface area contributed by atoms with E-state index in [9.17, 15) is 0 Å². The Morgan fingerprint density at radius 1 is 1.60 bits per heavy atom. The first-order valence-electron chi connectivity index (χ1n) is 5.31. The van der Waals surface area contributed by atoms with Gasteiger partial charge in [-0.2, -0.15) is 0 Å². The molecule has 0 aliphatic carbocycles. The van der Waals surface area contributed by atoms with E-state index in [-0.39, 0.29) is 0 Å². The minimum Gasteiger partial charge on any atom is -0.397 e. The maximum Gasteiger partial charge on any atom is 0.126 e. The number of nitrogen functional groups attached to an aromatic ring is 1.